The van der Waals surface area contributed by atoms with E-state index in [1.165, 1.54) is 0 Å². The topological polar surface area (TPSA) is 21.3 Å². The Balaban J connectivity index is 2.23. The molecule has 0 spiro atoms. The van der Waals surface area contributed by atoms with Crippen LogP contribution in [0, 0.1) is 0 Å². The quantitative estimate of drug-likeness (QED) is 0.762. The van der Waals surface area contributed by atoms with Crippen LogP contribution in [0.25, 0.3) is 0 Å². The van der Waals surface area contributed by atoms with Crippen molar-refractivity contribution in [2.24, 2.45) is 0 Å². The first-order chi connectivity index (χ1) is 8.87. The molecule has 0 aliphatic heterocycles. The third-order valence-electron chi connectivity index (χ3n) is 2.44. The Bertz CT molecular complexity index is 360. The smallest absolute Gasteiger partial charge is 0.389 e. The summed E-state index contributed by atoms with van der Waals surface area (Å²) in [4.78, 5) is 0. The van der Waals surface area contributed by atoms with Crippen molar-refractivity contribution in [3.63, 3.8) is 0 Å². The predicted octanol–water partition coefficient (Wildman–Crippen LogP) is 3.91. The van der Waals surface area contributed by atoms with Gasteiger partial charge in [-0.3, -0.25) is 0 Å². The summed E-state index contributed by atoms with van der Waals surface area (Å²) in [6.07, 6.45) is -4.55. The zero-order chi connectivity index (χ0) is 14.3. The first kappa shape index (κ1) is 15.8. The first-order valence-electron chi connectivity index (χ1n) is 6.40. The van der Waals surface area contributed by atoms with Gasteiger partial charge in [-0.25, -0.2) is 0 Å². The molecule has 0 amide bonds. The summed E-state index contributed by atoms with van der Waals surface area (Å²) in [6, 6.07) is 7.56. The number of hydrogen-bond acceptors (Lipinski definition) is 2. The number of benzene rings is 1. The van der Waals surface area contributed by atoms with Crippen molar-refractivity contribution in [1.29, 1.82) is 0 Å². The molecule has 0 atom stereocenters. The summed E-state index contributed by atoms with van der Waals surface area (Å²) in [7, 11) is 0. The van der Waals surface area contributed by atoms with Gasteiger partial charge in [-0.05, 0) is 44.5 Å². The molecule has 0 radical (unpaired) electrons. The molecule has 108 valence electrons. The molecule has 0 unspecified atom stereocenters. The molecule has 0 heterocycles. The lowest BCUT2D eigenvalue weighted by atomic mass is 10.2. The molecule has 1 N–H and O–H groups in total. The first-order valence-corrected chi connectivity index (χ1v) is 6.40. The monoisotopic (exact) mass is 275 g/mol. The third kappa shape index (κ3) is 7.72. The Labute approximate surface area is 112 Å². The van der Waals surface area contributed by atoms with Crippen LogP contribution >= 0.6 is 0 Å². The van der Waals surface area contributed by atoms with Gasteiger partial charge in [0, 0.05) is 13.0 Å². The molecule has 5 heteroatoms. The average molecular weight is 275 g/mol. The molecule has 0 saturated heterocycles. The lowest BCUT2D eigenvalue weighted by Gasteiger charge is -2.10. The van der Waals surface area contributed by atoms with E-state index in [1.54, 1.807) is 0 Å². The van der Waals surface area contributed by atoms with E-state index < -0.39 is 12.6 Å². The van der Waals surface area contributed by atoms with E-state index in [0.29, 0.717) is 13.1 Å². The zero-order valence-electron chi connectivity index (χ0n) is 11.3. The van der Waals surface area contributed by atoms with Crippen LogP contribution < -0.4 is 10.1 Å². The minimum Gasteiger partial charge on any atom is -0.491 e. The van der Waals surface area contributed by atoms with E-state index >= 15 is 0 Å². The van der Waals surface area contributed by atoms with Gasteiger partial charge in [0.2, 0.25) is 0 Å². The van der Waals surface area contributed by atoms with E-state index in [0.717, 1.165) is 11.3 Å². The van der Waals surface area contributed by atoms with Crippen molar-refractivity contribution in [3.8, 4) is 5.75 Å². The normalized spacial score (nSPS) is 11.9. The Kier molecular flexibility index (Phi) is 6.15. The molecule has 0 bridgehead atoms. The summed E-state index contributed by atoms with van der Waals surface area (Å²) < 4.78 is 41.2. The predicted molar refractivity (Wildman–Crippen MR) is 69.2 cm³/mol. The minimum absolute atomic E-state index is 0.109. The fraction of sp³-hybridized carbons (Fsp3) is 0.571. The number of hydrogen-bond donors (Lipinski definition) is 1. The average Bonchev–Trinajstić information content (AvgIpc) is 2.28. The van der Waals surface area contributed by atoms with Crippen molar-refractivity contribution < 1.29 is 17.9 Å². The van der Waals surface area contributed by atoms with Gasteiger partial charge in [-0.2, -0.15) is 13.2 Å². The minimum atomic E-state index is -4.06. The van der Waals surface area contributed by atoms with Crippen LogP contribution in [0.4, 0.5) is 13.2 Å². The fourth-order valence-electron chi connectivity index (χ4n) is 1.60. The summed E-state index contributed by atoms with van der Waals surface area (Å²) in [6.45, 7) is 4.84. The van der Waals surface area contributed by atoms with Gasteiger partial charge in [-0.1, -0.05) is 12.1 Å². The molecule has 1 aromatic carbocycles. The number of halogens is 3. The van der Waals surface area contributed by atoms with Gasteiger partial charge >= 0.3 is 6.18 Å². The van der Waals surface area contributed by atoms with Gasteiger partial charge in [0.05, 0.1) is 6.10 Å². The highest BCUT2D eigenvalue weighted by atomic mass is 19.4. The number of nitrogens with one attached hydrogen (secondary N) is 1. The van der Waals surface area contributed by atoms with Crippen molar-refractivity contribution in [2.45, 2.75) is 45.5 Å². The van der Waals surface area contributed by atoms with Crippen LogP contribution in [0.2, 0.25) is 0 Å². The van der Waals surface area contributed by atoms with E-state index in [9.17, 15) is 13.2 Å². The third-order valence-corrected chi connectivity index (χ3v) is 2.44. The van der Waals surface area contributed by atoms with Crippen LogP contribution in [0.1, 0.15) is 32.3 Å². The Morgan fingerprint density at radius 2 is 1.79 bits per heavy atom. The molecule has 2 nitrogen and oxygen atoms in total. The second kappa shape index (κ2) is 7.38. The highest BCUT2D eigenvalue weighted by Gasteiger charge is 2.25. The van der Waals surface area contributed by atoms with Gasteiger partial charge in [0.1, 0.15) is 5.75 Å². The Hall–Kier alpha value is -1.23. The largest absolute Gasteiger partial charge is 0.491 e. The van der Waals surface area contributed by atoms with E-state index in [1.807, 2.05) is 38.1 Å². The van der Waals surface area contributed by atoms with E-state index in [-0.39, 0.29) is 12.5 Å². The maximum absolute atomic E-state index is 11.9. The molecule has 1 aromatic rings. The van der Waals surface area contributed by atoms with Gasteiger partial charge < -0.3 is 10.1 Å². The maximum atomic E-state index is 11.9. The number of ether oxygens (including phenoxy) is 1. The van der Waals surface area contributed by atoms with Crippen LogP contribution in [0.15, 0.2) is 24.3 Å². The molecule has 0 aliphatic carbocycles. The summed E-state index contributed by atoms with van der Waals surface area (Å²) in [5.74, 6) is 0.802. The maximum Gasteiger partial charge on any atom is 0.389 e. The van der Waals surface area contributed by atoms with Crippen LogP contribution in [0.5, 0.6) is 5.75 Å². The number of rotatable bonds is 7. The second-order valence-corrected chi connectivity index (χ2v) is 4.71. The molecular formula is C14H20F3NO. The van der Waals surface area contributed by atoms with Crippen molar-refractivity contribution >= 4 is 0 Å². The van der Waals surface area contributed by atoms with Gasteiger partial charge in [-0.15, -0.1) is 0 Å². The van der Waals surface area contributed by atoms with Crippen molar-refractivity contribution in [3.05, 3.63) is 29.8 Å². The Morgan fingerprint density at radius 3 is 2.32 bits per heavy atom. The molecule has 0 saturated carbocycles. The van der Waals surface area contributed by atoms with E-state index in [4.69, 9.17) is 4.74 Å². The summed E-state index contributed by atoms with van der Waals surface area (Å²) >= 11 is 0. The summed E-state index contributed by atoms with van der Waals surface area (Å²) in [5, 5.41) is 2.99. The molecule has 0 fully saturated rings. The van der Waals surface area contributed by atoms with Crippen LogP contribution in [-0.4, -0.2) is 18.8 Å². The number of alkyl halides is 3. The molecule has 0 aliphatic rings. The second-order valence-electron chi connectivity index (χ2n) is 4.71. The Morgan fingerprint density at radius 1 is 1.16 bits per heavy atom. The lowest BCUT2D eigenvalue weighted by molar-refractivity contribution is -0.135. The van der Waals surface area contributed by atoms with Crippen molar-refractivity contribution in [2.75, 3.05) is 6.54 Å². The van der Waals surface area contributed by atoms with Crippen molar-refractivity contribution in [1.82, 2.24) is 5.32 Å². The SMILES string of the molecule is CC(C)Oc1ccc(CNCCCC(F)(F)F)cc1. The van der Waals surface area contributed by atoms with Crippen LogP contribution in [0.3, 0.4) is 0 Å². The molecule has 1 rings (SSSR count). The van der Waals surface area contributed by atoms with Gasteiger partial charge in [0.25, 0.3) is 0 Å². The lowest BCUT2D eigenvalue weighted by Crippen LogP contribution is -2.17. The molecule has 19 heavy (non-hydrogen) atoms. The molecule has 0 aromatic heterocycles. The highest BCUT2D eigenvalue weighted by molar-refractivity contribution is 5.27. The highest BCUT2D eigenvalue weighted by Crippen LogP contribution is 2.20. The van der Waals surface area contributed by atoms with Gasteiger partial charge in [0.15, 0.2) is 0 Å². The standard InChI is InChI=1S/C14H20F3NO/c1-11(2)19-13-6-4-12(5-7-13)10-18-9-3-8-14(15,16)17/h4-7,11,18H,3,8-10H2,1-2H3. The van der Waals surface area contributed by atoms with E-state index in [2.05, 4.69) is 5.32 Å². The zero-order valence-corrected chi connectivity index (χ0v) is 11.3. The fourth-order valence-corrected chi connectivity index (χ4v) is 1.60. The van der Waals surface area contributed by atoms with Crippen LogP contribution in [-0.2, 0) is 6.54 Å². The summed E-state index contributed by atoms with van der Waals surface area (Å²) in [5.41, 5.74) is 1.03. The molecular weight excluding hydrogens is 255 g/mol.